The summed E-state index contributed by atoms with van der Waals surface area (Å²) in [5, 5.41) is 2.75. The molecule has 0 saturated heterocycles. The van der Waals surface area contributed by atoms with Crippen LogP contribution >= 0.6 is 0 Å². The highest BCUT2D eigenvalue weighted by Gasteiger charge is 2.25. The first-order chi connectivity index (χ1) is 8.98. The van der Waals surface area contributed by atoms with E-state index in [4.69, 9.17) is 4.74 Å². The maximum atomic E-state index is 12.2. The van der Waals surface area contributed by atoms with E-state index < -0.39 is 15.3 Å². The molecular formula is C13H28N2O3S. The van der Waals surface area contributed by atoms with Crippen molar-refractivity contribution in [2.75, 3.05) is 39.9 Å². The second kappa shape index (κ2) is 8.19. The number of likely N-dealkylation sites (N-methyl/N-ethyl adjacent to an activating group) is 1. The van der Waals surface area contributed by atoms with Crippen LogP contribution in [0.2, 0.25) is 0 Å². The van der Waals surface area contributed by atoms with Gasteiger partial charge in [-0.3, -0.25) is 0 Å². The van der Waals surface area contributed by atoms with Gasteiger partial charge >= 0.3 is 0 Å². The molecule has 1 rings (SSSR count). The van der Waals surface area contributed by atoms with Crippen molar-refractivity contribution in [3.8, 4) is 0 Å². The monoisotopic (exact) mass is 292 g/mol. The van der Waals surface area contributed by atoms with Crippen LogP contribution in [0.25, 0.3) is 0 Å². The molecule has 0 amide bonds. The third-order valence-corrected chi connectivity index (χ3v) is 5.64. The van der Waals surface area contributed by atoms with Crippen molar-refractivity contribution in [1.82, 2.24) is 9.62 Å². The van der Waals surface area contributed by atoms with Gasteiger partial charge in [-0.15, -0.1) is 0 Å². The van der Waals surface area contributed by atoms with Crippen LogP contribution in [0.4, 0.5) is 0 Å². The fraction of sp³-hybridized carbons (Fsp3) is 1.00. The topological polar surface area (TPSA) is 58.6 Å². The number of sulfonamides is 1. The predicted molar refractivity (Wildman–Crippen MR) is 77.7 cm³/mol. The zero-order valence-corrected chi connectivity index (χ0v) is 13.2. The summed E-state index contributed by atoms with van der Waals surface area (Å²) in [4.78, 5) is 0. The number of ether oxygens (including phenoxy) is 1. The molecule has 1 fully saturated rings. The van der Waals surface area contributed by atoms with Gasteiger partial charge < -0.3 is 10.1 Å². The number of nitrogens with one attached hydrogen (secondary N) is 1. The van der Waals surface area contributed by atoms with Crippen molar-refractivity contribution < 1.29 is 13.2 Å². The first-order valence-electron chi connectivity index (χ1n) is 7.22. The van der Waals surface area contributed by atoms with Crippen molar-refractivity contribution in [2.45, 2.75) is 38.4 Å². The Hall–Kier alpha value is -0.170. The molecule has 1 unspecified atom stereocenters. The molecule has 1 saturated carbocycles. The van der Waals surface area contributed by atoms with Crippen LogP contribution in [0, 0.1) is 5.92 Å². The van der Waals surface area contributed by atoms with Gasteiger partial charge in [0.1, 0.15) is 0 Å². The highest BCUT2D eigenvalue weighted by molar-refractivity contribution is 7.89. The number of rotatable bonds is 11. The maximum Gasteiger partial charge on any atom is 0.217 e. The Morgan fingerprint density at radius 1 is 1.42 bits per heavy atom. The second-order valence-electron chi connectivity index (χ2n) is 5.40. The SMILES string of the molecule is CCCNCC(C)S(=O)(=O)N(C)CCOCC1CC1. The fourth-order valence-corrected chi connectivity index (χ4v) is 3.02. The zero-order chi connectivity index (χ0) is 14.3. The lowest BCUT2D eigenvalue weighted by Crippen LogP contribution is -2.41. The third kappa shape index (κ3) is 6.21. The van der Waals surface area contributed by atoms with E-state index in [1.165, 1.54) is 17.1 Å². The van der Waals surface area contributed by atoms with E-state index in [2.05, 4.69) is 12.2 Å². The molecule has 0 aliphatic heterocycles. The molecule has 19 heavy (non-hydrogen) atoms. The molecule has 1 N–H and O–H groups in total. The van der Waals surface area contributed by atoms with Crippen molar-refractivity contribution in [3.63, 3.8) is 0 Å². The zero-order valence-electron chi connectivity index (χ0n) is 12.4. The summed E-state index contributed by atoms with van der Waals surface area (Å²) in [6.45, 7) is 6.88. The summed E-state index contributed by atoms with van der Waals surface area (Å²) in [7, 11) is -1.58. The van der Waals surface area contributed by atoms with Gasteiger partial charge in [-0.05, 0) is 38.6 Å². The molecular weight excluding hydrogens is 264 g/mol. The summed E-state index contributed by atoms with van der Waals surface area (Å²) in [6, 6.07) is 0. The molecule has 114 valence electrons. The minimum atomic E-state index is -3.21. The molecule has 0 spiro atoms. The van der Waals surface area contributed by atoms with Gasteiger partial charge in [0.05, 0.1) is 11.9 Å². The standard InChI is InChI=1S/C13H28N2O3S/c1-4-7-14-10-12(2)19(16,17)15(3)8-9-18-11-13-5-6-13/h12-14H,4-11H2,1-3H3. The first-order valence-corrected chi connectivity index (χ1v) is 8.72. The molecule has 0 aromatic carbocycles. The van der Waals surface area contributed by atoms with E-state index in [0.717, 1.165) is 25.5 Å². The molecule has 6 heteroatoms. The van der Waals surface area contributed by atoms with Crippen LogP contribution < -0.4 is 5.32 Å². The Kier molecular flexibility index (Phi) is 7.28. The Morgan fingerprint density at radius 3 is 2.68 bits per heavy atom. The number of hydrogen-bond acceptors (Lipinski definition) is 4. The fourth-order valence-electron chi connectivity index (χ4n) is 1.75. The van der Waals surface area contributed by atoms with Gasteiger partial charge in [0.15, 0.2) is 0 Å². The Bertz CT molecular complexity index is 342. The third-order valence-electron chi connectivity index (χ3n) is 3.40. The Balaban J connectivity index is 2.23. The maximum absolute atomic E-state index is 12.2. The van der Waals surface area contributed by atoms with E-state index in [-0.39, 0.29) is 0 Å². The van der Waals surface area contributed by atoms with Gasteiger partial charge in [0.2, 0.25) is 10.0 Å². The van der Waals surface area contributed by atoms with E-state index >= 15 is 0 Å². The average Bonchev–Trinajstić information content (AvgIpc) is 3.18. The molecule has 0 aromatic rings. The minimum Gasteiger partial charge on any atom is -0.380 e. The van der Waals surface area contributed by atoms with Gasteiger partial charge in [0.25, 0.3) is 0 Å². The number of nitrogens with zero attached hydrogens (tertiary/aromatic N) is 1. The summed E-state index contributed by atoms with van der Waals surface area (Å²) in [5.74, 6) is 0.721. The second-order valence-corrected chi connectivity index (χ2v) is 7.86. The predicted octanol–water partition coefficient (Wildman–Crippen LogP) is 1.06. The van der Waals surface area contributed by atoms with Crippen molar-refractivity contribution in [1.29, 1.82) is 0 Å². The lowest BCUT2D eigenvalue weighted by Gasteiger charge is -2.22. The van der Waals surface area contributed by atoms with Crippen LogP contribution in [-0.2, 0) is 14.8 Å². The Labute approximate surface area is 117 Å². The van der Waals surface area contributed by atoms with E-state index in [0.29, 0.717) is 19.7 Å². The highest BCUT2D eigenvalue weighted by Crippen LogP contribution is 2.28. The summed E-state index contributed by atoms with van der Waals surface area (Å²) in [5.41, 5.74) is 0. The molecule has 1 atom stereocenters. The van der Waals surface area contributed by atoms with Crippen molar-refractivity contribution >= 4 is 10.0 Å². The lowest BCUT2D eigenvalue weighted by atomic mass is 10.4. The van der Waals surface area contributed by atoms with Gasteiger partial charge in [-0.2, -0.15) is 0 Å². The molecule has 1 aliphatic carbocycles. The van der Waals surface area contributed by atoms with E-state index in [9.17, 15) is 8.42 Å². The van der Waals surface area contributed by atoms with Gasteiger partial charge in [0, 0.05) is 26.7 Å². The van der Waals surface area contributed by atoms with Crippen LogP contribution in [0.3, 0.4) is 0 Å². The van der Waals surface area contributed by atoms with Crippen LogP contribution in [0.1, 0.15) is 33.1 Å². The summed E-state index contributed by atoms with van der Waals surface area (Å²) < 4.78 is 31.3. The Morgan fingerprint density at radius 2 is 2.11 bits per heavy atom. The van der Waals surface area contributed by atoms with E-state index in [1.54, 1.807) is 14.0 Å². The molecule has 0 aromatic heterocycles. The number of hydrogen-bond donors (Lipinski definition) is 1. The smallest absolute Gasteiger partial charge is 0.217 e. The molecule has 5 nitrogen and oxygen atoms in total. The van der Waals surface area contributed by atoms with Crippen LogP contribution in [-0.4, -0.2) is 57.9 Å². The molecule has 0 heterocycles. The first kappa shape index (κ1) is 16.9. The summed E-state index contributed by atoms with van der Waals surface area (Å²) in [6.07, 6.45) is 3.53. The van der Waals surface area contributed by atoms with Crippen LogP contribution in [0.5, 0.6) is 0 Å². The normalized spacial score (nSPS) is 17.9. The lowest BCUT2D eigenvalue weighted by molar-refractivity contribution is 0.117. The summed E-state index contributed by atoms with van der Waals surface area (Å²) >= 11 is 0. The highest BCUT2D eigenvalue weighted by atomic mass is 32.2. The molecule has 0 bridgehead atoms. The minimum absolute atomic E-state index is 0.396. The largest absolute Gasteiger partial charge is 0.380 e. The van der Waals surface area contributed by atoms with E-state index in [1.807, 2.05) is 0 Å². The van der Waals surface area contributed by atoms with Crippen LogP contribution in [0.15, 0.2) is 0 Å². The van der Waals surface area contributed by atoms with Crippen molar-refractivity contribution in [3.05, 3.63) is 0 Å². The average molecular weight is 292 g/mol. The van der Waals surface area contributed by atoms with Gasteiger partial charge in [-0.25, -0.2) is 12.7 Å². The van der Waals surface area contributed by atoms with Gasteiger partial charge in [-0.1, -0.05) is 6.92 Å². The van der Waals surface area contributed by atoms with Crippen molar-refractivity contribution in [2.24, 2.45) is 5.92 Å². The molecule has 0 radical (unpaired) electrons. The molecule has 1 aliphatic rings. The quantitative estimate of drug-likeness (QED) is 0.579.